The van der Waals surface area contributed by atoms with Crippen LogP contribution in [0.15, 0.2) is 54.6 Å². The SMILES string of the molecule is Cc1cc(-n2c(C(C)C)c(-c3cccc(C(=O)O)c3)c3cc(N)c(C=N)cc32)ccc1F. The third-order valence-electron chi connectivity index (χ3n) is 5.71. The second-order valence-electron chi connectivity index (χ2n) is 8.21. The molecular formula is C26H24FN3O2. The maximum absolute atomic E-state index is 14.0. The molecule has 0 aliphatic rings. The Balaban J connectivity index is 2.19. The highest BCUT2D eigenvalue weighted by atomic mass is 19.1. The van der Waals surface area contributed by atoms with Gasteiger partial charge in [-0.1, -0.05) is 26.0 Å². The Labute approximate surface area is 185 Å². The molecule has 0 saturated heterocycles. The molecule has 1 aromatic heterocycles. The van der Waals surface area contributed by atoms with Gasteiger partial charge in [-0.2, -0.15) is 0 Å². The zero-order valence-electron chi connectivity index (χ0n) is 18.1. The van der Waals surface area contributed by atoms with Gasteiger partial charge in [-0.05, 0) is 66.4 Å². The highest BCUT2D eigenvalue weighted by Gasteiger charge is 2.24. The number of fused-ring (bicyclic) bond motifs is 1. The largest absolute Gasteiger partial charge is 0.478 e. The van der Waals surface area contributed by atoms with Crippen LogP contribution in [0.1, 0.15) is 46.9 Å². The molecule has 0 fully saturated rings. The lowest BCUT2D eigenvalue weighted by molar-refractivity contribution is 0.0697. The van der Waals surface area contributed by atoms with Crippen molar-refractivity contribution in [3.63, 3.8) is 0 Å². The molecule has 0 saturated carbocycles. The van der Waals surface area contributed by atoms with Crippen LogP contribution in [0.2, 0.25) is 0 Å². The van der Waals surface area contributed by atoms with E-state index in [0.29, 0.717) is 16.8 Å². The molecule has 3 aromatic carbocycles. The Morgan fingerprint density at radius 3 is 2.53 bits per heavy atom. The van der Waals surface area contributed by atoms with Crippen LogP contribution >= 0.6 is 0 Å². The molecule has 4 rings (SSSR count). The number of carboxylic acids is 1. The van der Waals surface area contributed by atoms with Crippen molar-refractivity contribution in [1.82, 2.24) is 4.57 Å². The van der Waals surface area contributed by atoms with E-state index in [-0.39, 0.29) is 17.3 Å². The first-order valence-electron chi connectivity index (χ1n) is 10.3. The van der Waals surface area contributed by atoms with E-state index in [1.54, 1.807) is 37.3 Å². The minimum absolute atomic E-state index is 0.0564. The van der Waals surface area contributed by atoms with Gasteiger partial charge in [0.15, 0.2) is 0 Å². The molecule has 32 heavy (non-hydrogen) atoms. The molecule has 162 valence electrons. The summed E-state index contributed by atoms with van der Waals surface area (Å²) in [5, 5.41) is 18.1. The molecule has 0 bridgehead atoms. The molecule has 0 aliphatic carbocycles. The van der Waals surface area contributed by atoms with Crippen LogP contribution in [-0.4, -0.2) is 21.9 Å². The number of aryl methyl sites for hydroxylation is 1. The first-order chi connectivity index (χ1) is 15.2. The number of anilines is 1. The lowest BCUT2D eigenvalue weighted by Gasteiger charge is -2.16. The number of carboxylic acid groups (broad SMARTS) is 1. The van der Waals surface area contributed by atoms with Gasteiger partial charge in [-0.15, -0.1) is 0 Å². The van der Waals surface area contributed by atoms with Gasteiger partial charge in [-0.3, -0.25) is 0 Å². The van der Waals surface area contributed by atoms with Gasteiger partial charge < -0.3 is 20.8 Å². The summed E-state index contributed by atoms with van der Waals surface area (Å²) in [6, 6.07) is 15.5. The van der Waals surface area contributed by atoms with E-state index >= 15 is 0 Å². The number of benzene rings is 3. The summed E-state index contributed by atoms with van der Waals surface area (Å²) in [4.78, 5) is 11.6. The minimum atomic E-state index is -0.999. The summed E-state index contributed by atoms with van der Waals surface area (Å²) in [6.45, 7) is 5.84. The van der Waals surface area contributed by atoms with Crippen molar-refractivity contribution < 1.29 is 14.3 Å². The van der Waals surface area contributed by atoms with Crippen molar-refractivity contribution in [3.8, 4) is 16.8 Å². The zero-order chi connectivity index (χ0) is 23.2. The normalized spacial score (nSPS) is 11.3. The van der Waals surface area contributed by atoms with Crippen LogP contribution in [-0.2, 0) is 0 Å². The van der Waals surface area contributed by atoms with Gasteiger partial charge in [0.05, 0.1) is 11.1 Å². The van der Waals surface area contributed by atoms with E-state index in [9.17, 15) is 14.3 Å². The van der Waals surface area contributed by atoms with Gasteiger partial charge in [0, 0.05) is 39.8 Å². The van der Waals surface area contributed by atoms with E-state index in [0.717, 1.165) is 33.4 Å². The number of halogens is 1. The maximum Gasteiger partial charge on any atom is 0.335 e. The van der Waals surface area contributed by atoms with E-state index in [2.05, 4.69) is 18.4 Å². The summed E-state index contributed by atoms with van der Waals surface area (Å²) >= 11 is 0. The minimum Gasteiger partial charge on any atom is -0.478 e. The van der Waals surface area contributed by atoms with Crippen molar-refractivity contribution in [2.45, 2.75) is 26.7 Å². The van der Waals surface area contributed by atoms with Crippen LogP contribution < -0.4 is 5.73 Å². The number of nitrogens with zero attached hydrogens (tertiary/aromatic N) is 1. The number of carbonyl (C=O) groups is 1. The summed E-state index contributed by atoms with van der Waals surface area (Å²) in [6.07, 6.45) is 1.21. The number of hydrogen-bond donors (Lipinski definition) is 3. The first-order valence-corrected chi connectivity index (χ1v) is 10.3. The molecule has 0 spiro atoms. The highest BCUT2D eigenvalue weighted by Crippen LogP contribution is 2.42. The lowest BCUT2D eigenvalue weighted by Crippen LogP contribution is -2.04. The summed E-state index contributed by atoms with van der Waals surface area (Å²) in [7, 11) is 0. The second-order valence-corrected chi connectivity index (χ2v) is 8.21. The van der Waals surface area contributed by atoms with E-state index in [1.165, 1.54) is 12.3 Å². The molecule has 6 heteroatoms. The standard InChI is InChI=1S/C26H24FN3O2/c1-14(2)25-24(16-5-4-6-17(10-16)26(31)32)20-12-22(29)18(13-28)11-23(20)30(25)19-7-8-21(27)15(3)9-19/h4-14,28H,29H2,1-3H3,(H,31,32). The Kier molecular flexibility index (Phi) is 5.30. The third-order valence-corrected chi connectivity index (χ3v) is 5.71. The Morgan fingerprint density at radius 1 is 1.16 bits per heavy atom. The van der Waals surface area contributed by atoms with Gasteiger partial charge in [-0.25, -0.2) is 9.18 Å². The van der Waals surface area contributed by atoms with Crippen LogP contribution in [0.5, 0.6) is 0 Å². The number of aromatic nitrogens is 1. The Morgan fingerprint density at radius 2 is 1.91 bits per heavy atom. The number of aromatic carboxylic acids is 1. The quantitative estimate of drug-likeness (QED) is 0.263. The van der Waals surface area contributed by atoms with Gasteiger partial charge in [0.1, 0.15) is 5.82 Å². The van der Waals surface area contributed by atoms with Crippen LogP contribution in [0.4, 0.5) is 10.1 Å². The fraction of sp³-hybridized carbons (Fsp3) is 0.154. The highest BCUT2D eigenvalue weighted by molar-refractivity contribution is 6.05. The molecule has 4 N–H and O–H groups in total. The number of nitrogens with two attached hydrogens (primary N) is 1. The lowest BCUT2D eigenvalue weighted by atomic mass is 9.95. The summed E-state index contributed by atoms with van der Waals surface area (Å²) in [5.41, 5.74) is 12.2. The molecule has 0 radical (unpaired) electrons. The molecule has 1 heterocycles. The van der Waals surface area contributed by atoms with Gasteiger partial charge in [0.2, 0.25) is 0 Å². The van der Waals surface area contributed by atoms with E-state index < -0.39 is 5.97 Å². The predicted octanol–water partition coefficient (Wildman–Crippen LogP) is 6.15. The monoisotopic (exact) mass is 429 g/mol. The fourth-order valence-corrected chi connectivity index (χ4v) is 4.22. The van der Waals surface area contributed by atoms with Gasteiger partial charge in [0.25, 0.3) is 0 Å². The zero-order valence-corrected chi connectivity index (χ0v) is 18.1. The number of nitrogens with one attached hydrogen (secondary N) is 1. The molecule has 0 amide bonds. The molecular weight excluding hydrogens is 405 g/mol. The van der Waals surface area contributed by atoms with Crippen LogP contribution in [0.25, 0.3) is 27.7 Å². The molecule has 5 nitrogen and oxygen atoms in total. The summed E-state index contributed by atoms with van der Waals surface area (Å²) < 4.78 is 16.1. The number of nitrogen functional groups attached to an aromatic ring is 1. The predicted molar refractivity (Wildman–Crippen MR) is 127 cm³/mol. The number of rotatable bonds is 5. The number of hydrogen-bond acceptors (Lipinski definition) is 3. The maximum atomic E-state index is 14.0. The van der Waals surface area contributed by atoms with Gasteiger partial charge >= 0.3 is 5.97 Å². The van der Waals surface area contributed by atoms with E-state index in [4.69, 9.17) is 11.1 Å². The third kappa shape index (κ3) is 3.43. The molecule has 0 unspecified atom stereocenters. The average molecular weight is 429 g/mol. The van der Waals surface area contributed by atoms with Crippen molar-refractivity contribution in [2.24, 2.45) is 0 Å². The smallest absolute Gasteiger partial charge is 0.335 e. The second kappa shape index (κ2) is 7.96. The molecule has 0 atom stereocenters. The van der Waals surface area contributed by atoms with Crippen molar-refractivity contribution in [3.05, 3.63) is 82.8 Å². The average Bonchev–Trinajstić information content (AvgIpc) is 3.09. The summed E-state index contributed by atoms with van der Waals surface area (Å²) in [5.74, 6) is -1.22. The first kappa shape index (κ1) is 21.3. The Hall–Kier alpha value is -3.93. The van der Waals surface area contributed by atoms with Crippen molar-refractivity contribution in [2.75, 3.05) is 5.73 Å². The fourth-order valence-electron chi connectivity index (χ4n) is 4.22. The van der Waals surface area contributed by atoms with E-state index in [1.807, 2.05) is 18.2 Å². The molecule has 4 aromatic rings. The topological polar surface area (TPSA) is 92.1 Å². The van der Waals surface area contributed by atoms with Crippen molar-refractivity contribution >= 4 is 28.8 Å². The van der Waals surface area contributed by atoms with Crippen molar-refractivity contribution in [1.29, 1.82) is 5.41 Å². The Bertz CT molecular complexity index is 1390. The van der Waals surface area contributed by atoms with Crippen LogP contribution in [0, 0.1) is 18.2 Å². The van der Waals surface area contributed by atoms with Crippen LogP contribution in [0.3, 0.4) is 0 Å². The molecule has 0 aliphatic heterocycles.